The van der Waals surface area contributed by atoms with E-state index in [0.29, 0.717) is 18.3 Å². The number of thiocarbonyl (C=S) groups is 1. The highest BCUT2D eigenvalue weighted by Crippen LogP contribution is 2.03. The lowest BCUT2D eigenvalue weighted by Crippen LogP contribution is -2.49. The van der Waals surface area contributed by atoms with Crippen LogP contribution in [-0.2, 0) is 14.3 Å². The van der Waals surface area contributed by atoms with Crippen LogP contribution in [0.2, 0.25) is 0 Å². The fourth-order valence-corrected chi connectivity index (χ4v) is 1.46. The molecule has 0 amide bonds. The third-order valence-corrected chi connectivity index (χ3v) is 2.48. The fourth-order valence-electron chi connectivity index (χ4n) is 1.24. The average molecular weight is 262 g/mol. The highest BCUT2D eigenvalue weighted by molar-refractivity contribution is 7.80. The molecule has 6 heteroatoms. The number of nitrogens with one attached hydrogen (secondary N) is 2. The first-order chi connectivity index (χ1) is 8.02. The van der Waals surface area contributed by atoms with Gasteiger partial charge in [-0.3, -0.25) is 0 Å². The summed E-state index contributed by atoms with van der Waals surface area (Å²) in [5.41, 5.74) is 0. The van der Waals surface area contributed by atoms with E-state index in [4.69, 9.17) is 21.7 Å². The molecule has 1 unspecified atom stereocenters. The van der Waals surface area contributed by atoms with E-state index in [1.54, 1.807) is 7.11 Å². The maximum Gasteiger partial charge on any atom is 0.328 e. The predicted molar refractivity (Wildman–Crippen MR) is 70.9 cm³/mol. The second-order valence-electron chi connectivity index (χ2n) is 3.99. The van der Waals surface area contributed by atoms with Crippen LogP contribution in [0.5, 0.6) is 0 Å². The Bertz CT molecular complexity index is 247. The largest absolute Gasteiger partial charge is 0.467 e. The summed E-state index contributed by atoms with van der Waals surface area (Å²) >= 11 is 5.10. The molecule has 0 rings (SSSR count). The molecule has 2 N–H and O–H groups in total. The zero-order valence-electron chi connectivity index (χ0n) is 10.9. The molecule has 100 valence electrons. The Morgan fingerprint density at radius 1 is 1.35 bits per heavy atom. The van der Waals surface area contributed by atoms with Gasteiger partial charge >= 0.3 is 5.97 Å². The molecule has 1 atom stereocenters. The number of carbonyl (C=O) groups is 1. The van der Waals surface area contributed by atoms with Gasteiger partial charge in [-0.1, -0.05) is 13.8 Å². The molecule has 0 aliphatic rings. The molecule has 0 radical (unpaired) electrons. The first-order valence-electron chi connectivity index (χ1n) is 5.64. The number of rotatable bonds is 7. The van der Waals surface area contributed by atoms with Crippen molar-refractivity contribution in [2.45, 2.75) is 26.3 Å². The summed E-state index contributed by atoms with van der Waals surface area (Å²) < 4.78 is 9.63. The lowest BCUT2D eigenvalue weighted by molar-refractivity contribution is -0.143. The molecule has 5 nitrogen and oxygen atoms in total. The quantitative estimate of drug-likeness (QED) is 0.400. The van der Waals surface area contributed by atoms with Gasteiger partial charge in [-0.25, -0.2) is 4.79 Å². The van der Waals surface area contributed by atoms with Gasteiger partial charge in [-0.05, 0) is 24.6 Å². The Morgan fingerprint density at radius 2 is 2.00 bits per heavy atom. The summed E-state index contributed by atoms with van der Waals surface area (Å²) in [6.07, 6.45) is 0.864. The summed E-state index contributed by atoms with van der Waals surface area (Å²) in [4.78, 5) is 11.5. The molecule has 0 aromatic heterocycles. The standard InChI is InChI=1S/C11H22N2O3S/c1-8(2)9(10(14)16-4)13-11(17)12-6-5-7-15-3/h8-9H,5-7H2,1-4H3,(H2,12,13,17). The van der Waals surface area contributed by atoms with Crippen LogP contribution < -0.4 is 10.6 Å². The van der Waals surface area contributed by atoms with Crippen molar-refractivity contribution in [1.29, 1.82) is 0 Å². The Kier molecular flexibility index (Phi) is 8.71. The zero-order valence-corrected chi connectivity index (χ0v) is 11.7. The van der Waals surface area contributed by atoms with Gasteiger partial charge in [0.25, 0.3) is 0 Å². The number of methoxy groups -OCH3 is 2. The van der Waals surface area contributed by atoms with Crippen molar-refractivity contribution in [3.05, 3.63) is 0 Å². The second-order valence-corrected chi connectivity index (χ2v) is 4.40. The minimum absolute atomic E-state index is 0.112. The first kappa shape index (κ1) is 16.1. The Labute approximate surface area is 108 Å². The van der Waals surface area contributed by atoms with Crippen LogP contribution >= 0.6 is 12.2 Å². The Balaban J connectivity index is 4.00. The van der Waals surface area contributed by atoms with Crippen LogP contribution in [0.4, 0.5) is 0 Å². The summed E-state index contributed by atoms with van der Waals surface area (Å²) in [6, 6.07) is -0.414. The molecule has 17 heavy (non-hydrogen) atoms. The van der Waals surface area contributed by atoms with Crippen LogP contribution in [0.3, 0.4) is 0 Å². The summed E-state index contributed by atoms with van der Waals surface area (Å²) in [5.74, 6) is -0.192. The molecule has 0 spiro atoms. The van der Waals surface area contributed by atoms with Crippen LogP contribution in [0, 0.1) is 5.92 Å². The van der Waals surface area contributed by atoms with Crippen molar-refractivity contribution in [2.24, 2.45) is 5.92 Å². The molecule has 0 bridgehead atoms. The van der Waals surface area contributed by atoms with Crippen LogP contribution in [0.25, 0.3) is 0 Å². The summed E-state index contributed by atoms with van der Waals surface area (Å²) in [7, 11) is 3.02. The molecule has 0 heterocycles. The highest BCUT2D eigenvalue weighted by atomic mass is 32.1. The molecule has 0 aliphatic heterocycles. The summed E-state index contributed by atoms with van der Waals surface area (Å²) in [6.45, 7) is 5.26. The topological polar surface area (TPSA) is 59.6 Å². The minimum atomic E-state index is -0.414. The number of carbonyl (C=O) groups excluding carboxylic acids is 1. The normalized spacial score (nSPS) is 12.1. The second kappa shape index (κ2) is 9.18. The van der Waals surface area contributed by atoms with Gasteiger partial charge in [-0.2, -0.15) is 0 Å². The first-order valence-corrected chi connectivity index (χ1v) is 6.04. The Morgan fingerprint density at radius 3 is 2.47 bits per heavy atom. The van der Waals surface area contributed by atoms with Crippen molar-refractivity contribution in [3.8, 4) is 0 Å². The number of hydrogen-bond donors (Lipinski definition) is 2. The lowest BCUT2D eigenvalue weighted by Gasteiger charge is -2.21. The van der Waals surface area contributed by atoms with E-state index in [0.717, 1.165) is 6.42 Å². The predicted octanol–water partition coefficient (Wildman–Crippen LogP) is 0.685. The van der Waals surface area contributed by atoms with Gasteiger partial charge < -0.3 is 20.1 Å². The molecule has 0 saturated heterocycles. The van der Waals surface area contributed by atoms with Crippen LogP contribution in [-0.4, -0.2) is 44.5 Å². The van der Waals surface area contributed by atoms with Crippen molar-refractivity contribution in [1.82, 2.24) is 10.6 Å². The van der Waals surface area contributed by atoms with E-state index < -0.39 is 6.04 Å². The lowest BCUT2D eigenvalue weighted by atomic mass is 10.1. The van der Waals surface area contributed by atoms with Crippen molar-refractivity contribution < 1.29 is 14.3 Å². The SMILES string of the molecule is COCCCNC(=S)NC(C(=O)OC)C(C)C. The van der Waals surface area contributed by atoms with E-state index in [9.17, 15) is 4.79 Å². The number of hydrogen-bond acceptors (Lipinski definition) is 4. The van der Waals surface area contributed by atoms with Crippen LogP contribution in [0.15, 0.2) is 0 Å². The Hall–Kier alpha value is -0.880. The minimum Gasteiger partial charge on any atom is -0.467 e. The molecule has 0 fully saturated rings. The van der Waals surface area contributed by atoms with Crippen molar-refractivity contribution >= 4 is 23.3 Å². The smallest absolute Gasteiger partial charge is 0.328 e. The van der Waals surface area contributed by atoms with E-state index >= 15 is 0 Å². The maximum absolute atomic E-state index is 11.5. The molecular formula is C11H22N2O3S. The zero-order chi connectivity index (χ0) is 13.3. The number of ether oxygens (including phenoxy) is 2. The van der Waals surface area contributed by atoms with E-state index in [-0.39, 0.29) is 11.9 Å². The number of esters is 1. The van der Waals surface area contributed by atoms with Crippen LogP contribution in [0.1, 0.15) is 20.3 Å². The molecule has 0 saturated carbocycles. The van der Waals surface area contributed by atoms with Gasteiger partial charge in [-0.15, -0.1) is 0 Å². The molecule has 0 aromatic rings. The molecule has 0 aliphatic carbocycles. The van der Waals surface area contributed by atoms with Crippen molar-refractivity contribution in [2.75, 3.05) is 27.4 Å². The summed E-state index contributed by atoms with van der Waals surface area (Å²) in [5, 5.41) is 6.43. The third-order valence-electron chi connectivity index (χ3n) is 2.22. The molecular weight excluding hydrogens is 240 g/mol. The average Bonchev–Trinajstić information content (AvgIpc) is 2.30. The van der Waals surface area contributed by atoms with E-state index in [1.807, 2.05) is 13.8 Å². The van der Waals surface area contributed by atoms with Gasteiger partial charge in [0.05, 0.1) is 7.11 Å². The van der Waals surface area contributed by atoms with Gasteiger partial charge in [0.2, 0.25) is 0 Å². The van der Waals surface area contributed by atoms with Crippen molar-refractivity contribution in [3.63, 3.8) is 0 Å². The van der Waals surface area contributed by atoms with Gasteiger partial charge in [0.15, 0.2) is 5.11 Å². The fraction of sp³-hybridized carbons (Fsp3) is 0.818. The van der Waals surface area contributed by atoms with Gasteiger partial charge in [0, 0.05) is 20.3 Å². The third kappa shape index (κ3) is 7.12. The highest BCUT2D eigenvalue weighted by Gasteiger charge is 2.23. The van der Waals surface area contributed by atoms with Gasteiger partial charge in [0.1, 0.15) is 6.04 Å². The van der Waals surface area contributed by atoms with E-state index in [2.05, 4.69) is 10.6 Å². The monoisotopic (exact) mass is 262 g/mol. The maximum atomic E-state index is 11.5. The molecule has 0 aromatic carbocycles. The van der Waals surface area contributed by atoms with E-state index in [1.165, 1.54) is 7.11 Å².